The first-order valence-corrected chi connectivity index (χ1v) is 5.98. The van der Waals surface area contributed by atoms with Crippen molar-refractivity contribution >= 4 is 17.7 Å². The number of carboxylic acid groups (broad SMARTS) is 1. The van der Waals surface area contributed by atoms with E-state index in [4.69, 9.17) is 5.11 Å². The van der Waals surface area contributed by atoms with Crippen LogP contribution in [0.25, 0.3) is 0 Å². The van der Waals surface area contributed by atoms with E-state index in [9.17, 15) is 22.8 Å². The second-order valence-corrected chi connectivity index (χ2v) is 4.54. The van der Waals surface area contributed by atoms with Crippen LogP contribution < -0.4 is 4.90 Å². The summed E-state index contributed by atoms with van der Waals surface area (Å²) in [5.74, 6) is -1.51. The molecule has 5 nitrogen and oxygen atoms in total. The Bertz CT molecular complexity index is 514. The van der Waals surface area contributed by atoms with E-state index >= 15 is 0 Å². The molecule has 1 aromatic rings. The Morgan fingerprint density at radius 1 is 1.19 bits per heavy atom. The van der Waals surface area contributed by atoms with E-state index in [1.807, 2.05) is 6.92 Å². The molecule has 0 saturated carbocycles. The van der Waals surface area contributed by atoms with Crippen LogP contribution in [0.4, 0.5) is 23.7 Å². The Labute approximate surface area is 119 Å². The maximum atomic E-state index is 12.4. The van der Waals surface area contributed by atoms with Gasteiger partial charge in [-0.15, -0.1) is 0 Å². The van der Waals surface area contributed by atoms with E-state index in [0.717, 1.165) is 10.5 Å². The quantitative estimate of drug-likeness (QED) is 0.929. The largest absolute Gasteiger partial charge is 0.480 e. The first kappa shape index (κ1) is 16.8. The Balaban J connectivity index is 2.92. The minimum atomic E-state index is -4.67. The van der Waals surface area contributed by atoms with Gasteiger partial charge in [-0.05, 0) is 19.1 Å². The van der Waals surface area contributed by atoms with Gasteiger partial charge in [0.15, 0.2) is 0 Å². The van der Waals surface area contributed by atoms with E-state index in [-0.39, 0.29) is 4.90 Å². The molecule has 0 aromatic heterocycles. The highest BCUT2D eigenvalue weighted by atomic mass is 19.4. The summed E-state index contributed by atoms with van der Waals surface area (Å²) in [6.07, 6.45) is -4.67. The predicted octanol–water partition coefficient (Wildman–Crippen LogP) is 2.50. The van der Waals surface area contributed by atoms with Crippen LogP contribution in [-0.4, -0.2) is 48.3 Å². The number of carbonyl (C=O) groups is 2. The van der Waals surface area contributed by atoms with E-state index in [1.54, 1.807) is 24.3 Å². The fourth-order valence-electron chi connectivity index (χ4n) is 1.66. The van der Waals surface area contributed by atoms with Gasteiger partial charge in [0.1, 0.15) is 13.1 Å². The fraction of sp³-hybridized carbons (Fsp3) is 0.385. The van der Waals surface area contributed by atoms with Gasteiger partial charge < -0.3 is 10.0 Å². The van der Waals surface area contributed by atoms with E-state index in [2.05, 4.69) is 0 Å². The van der Waals surface area contributed by atoms with Gasteiger partial charge in [0.2, 0.25) is 0 Å². The molecule has 0 fully saturated rings. The maximum absolute atomic E-state index is 12.4. The highest BCUT2D eigenvalue weighted by molar-refractivity contribution is 5.93. The number of carboxylic acids is 1. The van der Waals surface area contributed by atoms with Crippen LogP contribution in [0.1, 0.15) is 5.56 Å². The summed E-state index contributed by atoms with van der Waals surface area (Å²) >= 11 is 0. The van der Waals surface area contributed by atoms with Crippen LogP contribution in [-0.2, 0) is 4.79 Å². The van der Waals surface area contributed by atoms with Gasteiger partial charge in [-0.25, -0.2) is 4.79 Å². The zero-order valence-electron chi connectivity index (χ0n) is 11.5. The van der Waals surface area contributed by atoms with Crippen LogP contribution in [0.15, 0.2) is 24.3 Å². The Morgan fingerprint density at radius 2 is 1.71 bits per heavy atom. The Morgan fingerprint density at radius 3 is 2.14 bits per heavy atom. The van der Waals surface area contributed by atoms with E-state index < -0.39 is 31.3 Å². The number of hydrogen-bond acceptors (Lipinski definition) is 2. The molecule has 1 rings (SSSR count). The van der Waals surface area contributed by atoms with Crippen LogP contribution in [0, 0.1) is 6.92 Å². The van der Waals surface area contributed by atoms with Crippen molar-refractivity contribution < 1.29 is 27.9 Å². The number of urea groups is 1. The van der Waals surface area contributed by atoms with Gasteiger partial charge in [0, 0.05) is 12.7 Å². The number of aryl methyl sites for hydroxylation is 1. The lowest BCUT2D eigenvalue weighted by molar-refractivity contribution is -0.148. The third-order valence-corrected chi connectivity index (χ3v) is 2.67. The summed E-state index contributed by atoms with van der Waals surface area (Å²) in [6, 6.07) is 5.51. The molecule has 0 aliphatic rings. The lowest BCUT2D eigenvalue weighted by Gasteiger charge is -2.27. The molecule has 21 heavy (non-hydrogen) atoms. The molecule has 0 aliphatic heterocycles. The van der Waals surface area contributed by atoms with Crippen molar-refractivity contribution in [3.8, 4) is 0 Å². The molecule has 0 aliphatic carbocycles. The molecule has 0 atom stereocenters. The van der Waals surface area contributed by atoms with Crippen LogP contribution in [0.3, 0.4) is 0 Å². The topological polar surface area (TPSA) is 60.9 Å². The molecular formula is C13H15F3N2O3. The van der Waals surface area contributed by atoms with Crippen molar-refractivity contribution in [2.75, 3.05) is 25.0 Å². The van der Waals surface area contributed by atoms with Gasteiger partial charge in [-0.2, -0.15) is 13.2 Å². The predicted molar refractivity (Wildman–Crippen MR) is 70.2 cm³/mol. The summed E-state index contributed by atoms with van der Waals surface area (Å²) in [4.78, 5) is 23.9. The third kappa shape index (κ3) is 5.33. The molecule has 0 unspecified atom stereocenters. The molecule has 1 N–H and O–H groups in total. The average molecular weight is 304 g/mol. The molecular weight excluding hydrogens is 289 g/mol. The van der Waals surface area contributed by atoms with Crippen molar-refractivity contribution in [1.29, 1.82) is 0 Å². The number of halogens is 3. The van der Waals surface area contributed by atoms with Gasteiger partial charge in [0.05, 0.1) is 0 Å². The molecule has 0 spiro atoms. The van der Waals surface area contributed by atoms with Gasteiger partial charge >= 0.3 is 18.2 Å². The van der Waals surface area contributed by atoms with E-state index in [1.165, 1.54) is 7.05 Å². The highest BCUT2D eigenvalue weighted by Gasteiger charge is 2.35. The van der Waals surface area contributed by atoms with Crippen LogP contribution >= 0.6 is 0 Å². The van der Waals surface area contributed by atoms with Gasteiger partial charge in [-0.1, -0.05) is 17.7 Å². The van der Waals surface area contributed by atoms with Crippen molar-refractivity contribution in [2.24, 2.45) is 0 Å². The fourth-order valence-corrected chi connectivity index (χ4v) is 1.66. The average Bonchev–Trinajstić information content (AvgIpc) is 2.35. The van der Waals surface area contributed by atoms with Crippen molar-refractivity contribution in [3.05, 3.63) is 29.8 Å². The molecule has 8 heteroatoms. The summed E-state index contributed by atoms with van der Waals surface area (Å²) in [7, 11) is 1.29. The number of amides is 2. The normalized spacial score (nSPS) is 11.1. The molecule has 116 valence electrons. The minimum Gasteiger partial charge on any atom is -0.480 e. The first-order valence-electron chi connectivity index (χ1n) is 5.98. The third-order valence-electron chi connectivity index (χ3n) is 2.67. The highest BCUT2D eigenvalue weighted by Crippen LogP contribution is 2.20. The molecule has 0 radical (unpaired) electrons. The number of rotatable bonds is 4. The number of alkyl halides is 3. The number of nitrogens with zero attached hydrogens (tertiary/aromatic N) is 2. The number of carbonyl (C=O) groups excluding carboxylic acids is 1. The van der Waals surface area contributed by atoms with Crippen molar-refractivity contribution in [1.82, 2.24) is 4.90 Å². The van der Waals surface area contributed by atoms with Crippen LogP contribution in [0.2, 0.25) is 0 Å². The summed E-state index contributed by atoms with van der Waals surface area (Å²) in [5.41, 5.74) is 1.31. The maximum Gasteiger partial charge on any atom is 0.406 e. The number of aliphatic carboxylic acids is 1. The van der Waals surface area contributed by atoms with Gasteiger partial charge in [0.25, 0.3) is 0 Å². The smallest absolute Gasteiger partial charge is 0.406 e. The molecule has 0 bridgehead atoms. The second-order valence-electron chi connectivity index (χ2n) is 4.54. The molecule has 0 saturated heterocycles. The lowest BCUT2D eigenvalue weighted by Crippen LogP contribution is -2.47. The monoisotopic (exact) mass is 304 g/mol. The summed E-state index contributed by atoms with van der Waals surface area (Å²) in [6.45, 7) is -0.811. The van der Waals surface area contributed by atoms with Crippen molar-refractivity contribution in [2.45, 2.75) is 13.1 Å². The SMILES string of the molecule is Cc1ccc(N(C)C(=O)N(CC(=O)O)CC(F)(F)F)cc1. The molecule has 2 amide bonds. The van der Waals surface area contributed by atoms with Gasteiger partial charge in [-0.3, -0.25) is 9.69 Å². The van der Waals surface area contributed by atoms with E-state index in [0.29, 0.717) is 5.69 Å². The standard InChI is InChI=1S/C13H15F3N2O3/c1-9-3-5-10(6-4-9)17(2)12(21)18(7-11(19)20)8-13(14,15)16/h3-6H,7-8H2,1-2H3,(H,19,20). The zero-order chi connectivity index (χ0) is 16.2. The number of anilines is 1. The lowest BCUT2D eigenvalue weighted by atomic mass is 10.2. The molecule has 0 heterocycles. The Kier molecular flexibility index (Phi) is 5.17. The number of benzene rings is 1. The molecule has 1 aromatic carbocycles. The van der Waals surface area contributed by atoms with Crippen LogP contribution in [0.5, 0.6) is 0 Å². The minimum absolute atomic E-state index is 0.238. The second kappa shape index (κ2) is 6.47. The number of hydrogen-bond donors (Lipinski definition) is 1. The zero-order valence-corrected chi connectivity index (χ0v) is 11.5. The summed E-state index contributed by atoms with van der Waals surface area (Å²) < 4.78 is 37.3. The Hall–Kier alpha value is -2.25. The first-order chi connectivity index (χ1) is 9.60. The van der Waals surface area contributed by atoms with Crippen molar-refractivity contribution in [3.63, 3.8) is 0 Å². The summed E-state index contributed by atoms with van der Waals surface area (Å²) in [5, 5.41) is 8.64.